The number of fused-ring (bicyclic) bond motifs is 1. The molecule has 0 radical (unpaired) electrons. The van der Waals surface area contributed by atoms with Crippen LogP contribution in [0.2, 0.25) is 0 Å². The molecule has 4 aliphatic rings. The summed E-state index contributed by atoms with van der Waals surface area (Å²) in [4.78, 5) is 41.5. The number of rotatable bonds is 6. The Kier molecular flexibility index (Phi) is 5.86. The van der Waals surface area contributed by atoms with E-state index in [9.17, 15) is 19.5 Å². The van der Waals surface area contributed by atoms with Gasteiger partial charge in [-0.25, -0.2) is 0 Å². The van der Waals surface area contributed by atoms with Crippen molar-refractivity contribution in [1.29, 1.82) is 0 Å². The Morgan fingerprint density at radius 2 is 1.97 bits per heavy atom. The number of thioether (sulfide) groups is 1. The van der Waals surface area contributed by atoms with Gasteiger partial charge < -0.3 is 20.6 Å². The number of hydrogen-bond donors (Lipinski definition) is 3. The zero-order valence-electron chi connectivity index (χ0n) is 17.4. The highest BCUT2D eigenvalue weighted by Crippen LogP contribution is 2.68. The van der Waals surface area contributed by atoms with Crippen LogP contribution in [0, 0.1) is 17.8 Å². The van der Waals surface area contributed by atoms with E-state index in [1.165, 1.54) is 6.42 Å². The number of nitrogens with zero attached hydrogens (tertiary/aromatic N) is 1. The van der Waals surface area contributed by atoms with Crippen LogP contribution in [-0.2, 0) is 14.4 Å². The first kappa shape index (κ1) is 21.0. The summed E-state index contributed by atoms with van der Waals surface area (Å²) in [7, 11) is 1.62. The van der Waals surface area contributed by atoms with Crippen molar-refractivity contribution in [2.45, 2.75) is 74.0 Å². The Morgan fingerprint density at radius 1 is 1.24 bits per heavy atom. The Labute approximate surface area is 176 Å². The summed E-state index contributed by atoms with van der Waals surface area (Å²) in [6.07, 6.45) is 6.75. The van der Waals surface area contributed by atoms with Crippen molar-refractivity contribution in [2.24, 2.45) is 17.8 Å². The van der Waals surface area contributed by atoms with Crippen LogP contribution < -0.4 is 10.6 Å². The first-order valence-electron chi connectivity index (χ1n) is 11.1. The molecule has 1 spiro atoms. The second kappa shape index (κ2) is 8.10. The SMILES string of the molecule is CNC(=O)[C@@H]1[C@@H]2CC(C)C3(S2)C(C(=O)NC2CCCCC2)N(CCCO)C(=O)[C@H]13. The number of aliphatic hydroxyl groups excluding tert-OH is 1. The molecule has 3 unspecified atom stereocenters. The van der Waals surface area contributed by atoms with Gasteiger partial charge in [0.1, 0.15) is 6.04 Å². The van der Waals surface area contributed by atoms with E-state index in [1.54, 1.807) is 23.7 Å². The van der Waals surface area contributed by atoms with E-state index >= 15 is 0 Å². The summed E-state index contributed by atoms with van der Waals surface area (Å²) >= 11 is 1.70. The van der Waals surface area contributed by atoms with Gasteiger partial charge in [-0.2, -0.15) is 0 Å². The van der Waals surface area contributed by atoms with E-state index < -0.39 is 16.7 Å². The van der Waals surface area contributed by atoms with E-state index in [2.05, 4.69) is 17.6 Å². The highest BCUT2D eigenvalue weighted by atomic mass is 32.2. The van der Waals surface area contributed by atoms with Gasteiger partial charge >= 0.3 is 0 Å². The van der Waals surface area contributed by atoms with E-state index in [1.807, 2.05) is 0 Å². The molecule has 1 saturated carbocycles. The van der Waals surface area contributed by atoms with Crippen LogP contribution in [0.1, 0.15) is 51.9 Å². The van der Waals surface area contributed by atoms with Crippen molar-refractivity contribution in [3.63, 3.8) is 0 Å². The lowest BCUT2D eigenvalue weighted by Gasteiger charge is -2.39. The molecule has 3 heterocycles. The molecule has 3 amide bonds. The standard InChI is InChI=1S/C21H33N3O4S/c1-12-11-14-15(18(26)22-2)16-20(28)24(9-6-10-25)17(21(12,16)29-14)19(27)23-13-7-4-3-5-8-13/h12-17,25H,3-11H2,1-2H3,(H,22,26)(H,23,27)/t12?,14-,15+,16-,17?,21?/m0/s1. The number of hydrogen-bond acceptors (Lipinski definition) is 5. The lowest BCUT2D eigenvalue weighted by atomic mass is 9.66. The van der Waals surface area contributed by atoms with Crippen LogP contribution in [0.15, 0.2) is 0 Å². The number of nitrogens with one attached hydrogen (secondary N) is 2. The average molecular weight is 424 g/mol. The zero-order valence-corrected chi connectivity index (χ0v) is 18.2. The van der Waals surface area contributed by atoms with Crippen molar-refractivity contribution in [2.75, 3.05) is 20.2 Å². The summed E-state index contributed by atoms with van der Waals surface area (Å²) < 4.78 is -0.548. The van der Waals surface area contributed by atoms with Gasteiger partial charge in [0.05, 0.1) is 16.6 Å². The third-order valence-corrected chi connectivity index (χ3v) is 9.63. The monoisotopic (exact) mass is 423 g/mol. The molecule has 2 bridgehead atoms. The van der Waals surface area contributed by atoms with Crippen LogP contribution in [0.4, 0.5) is 0 Å². The van der Waals surface area contributed by atoms with Crippen LogP contribution >= 0.6 is 11.8 Å². The lowest BCUT2D eigenvalue weighted by Crippen LogP contribution is -2.58. The smallest absolute Gasteiger partial charge is 0.244 e. The van der Waals surface area contributed by atoms with Gasteiger partial charge in [-0.05, 0) is 31.6 Å². The molecule has 0 aromatic carbocycles. The minimum atomic E-state index is -0.562. The molecule has 3 N–H and O–H groups in total. The van der Waals surface area contributed by atoms with Crippen LogP contribution in [0.3, 0.4) is 0 Å². The molecule has 3 aliphatic heterocycles. The summed E-state index contributed by atoms with van der Waals surface area (Å²) in [6, 6.07) is -0.386. The van der Waals surface area contributed by atoms with Gasteiger partial charge in [-0.1, -0.05) is 26.2 Å². The predicted molar refractivity (Wildman–Crippen MR) is 111 cm³/mol. The van der Waals surface area contributed by atoms with Gasteiger partial charge in [0.2, 0.25) is 17.7 Å². The van der Waals surface area contributed by atoms with E-state index in [0.29, 0.717) is 13.0 Å². The van der Waals surface area contributed by atoms with Crippen molar-refractivity contribution in [1.82, 2.24) is 15.5 Å². The van der Waals surface area contributed by atoms with Crippen molar-refractivity contribution in [3.8, 4) is 0 Å². The summed E-state index contributed by atoms with van der Waals surface area (Å²) in [6.45, 7) is 2.46. The second-order valence-corrected chi connectivity index (χ2v) is 10.7. The number of carbonyl (C=O) groups is 3. The van der Waals surface area contributed by atoms with Gasteiger partial charge in [0.25, 0.3) is 0 Å². The largest absolute Gasteiger partial charge is 0.396 e. The molecule has 1 aliphatic carbocycles. The predicted octanol–water partition coefficient (Wildman–Crippen LogP) is 0.901. The minimum absolute atomic E-state index is 0.0252. The van der Waals surface area contributed by atoms with E-state index in [4.69, 9.17) is 0 Å². The Balaban J connectivity index is 1.67. The molecule has 6 atom stereocenters. The van der Waals surface area contributed by atoms with Gasteiger partial charge in [-0.3, -0.25) is 14.4 Å². The molecular weight excluding hydrogens is 390 g/mol. The topological polar surface area (TPSA) is 98.7 Å². The quantitative estimate of drug-likeness (QED) is 0.590. The van der Waals surface area contributed by atoms with Gasteiger partial charge in [0, 0.05) is 31.5 Å². The average Bonchev–Trinajstić information content (AvgIpc) is 3.30. The number of carbonyl (C=O) groups excluding carboxylic acids is 3. The lowest BCUT2D eigenvalue weighted by molar-refractivity contribution is -0.140. The molecule has 0 aromatic rings. The zero-order chi connectivity index (χ0) is 20.8. The van der Waals surface area contributed by atoms with E-state index in [0.717, 1.165) is 32.1 Å². The van der Waals surface area contributed by atoms with Crippen molar-refractivity contribution >= 4 is 29.5 Å². The van der Waals surface area contributed by atoms with Crippen molar-refractivity contribution in [3.05, 3.63) is 0 Å². The van der Waals surface area contributed by atoms with Crippen LogP contribution in [0.25, 0.3) is 0 Å². The fraction of sp³-hybridized carbons (Fsp3) is 0.857. The number of amides is 3. The molecular formula is C21H33N3O4S. The van der Waals surface area contributed by atoms with E-state index in [-0.39, 0.29) is 47.5 Å². The number of likely N-dealkylation sites (tertiary alicyclic amines) is 1. The summed E-state index contributed by atoms with van der Waals surface area (Å²) in [5.74, 6) is -0.890. The van der Waals surface area contributed by atoms with Crippen molar-refractivity contribution < 1.29 is 19.5 Å². The molecule has 4 rings (SSSR count). The Hall–Kier alpha value is -1.28. The summed E-state index contributed by atoms with van der Waals surface area (Å²) in [5.41, 5.74) is 0. The molecule has 162 valence electrons. The fourth-order valence-electron chi connectivity index (χ4n) is 6.29. The van der Waals surface area contributed by atoms with Crippen LogP contribution in [0.5, 0.6) is 0 Å². The molecule has 4 fully saturated rings. The highest BCUT2D eigenvalue weighted by molar-refractivity contribution is 8.02. The maximum atomic E-state index is 13.6. The molecule has 29 heavy (non-hydrogen) atoms. The van der Waals surface area contributed by atoms with Crippen LogP contribution in [-0.4, -0.2) is 70.0 Å². The third-order valence-electron chi connectivity index (χ3n) is 7.55. The third kappa shape index (κ3) is 3.17. The first-order chi connectivity index (χ1) is 14.0. The first-order valence-corrected chi connectivity index (χ1v) is 11.9. The maximum absolute atomic E-state index is 13.6. The highest BCUT2D eigenvalue weighted by Gasteiger charge is 2.75. The van der Waals surface area contributed by atoms with Gasteiger partial charge in [-0.15, -0.1) is 11.8 Å². The second-order valence-electron chi connectivity index (χ2n) is 9.12. The summed E-state index contributed by atoms with van der Waals surface area (Å²) in [5, 5.41) is 15.4. The Morgan fingerprint density at radius 3 is 2.62 bits per heavy atom. The normalized spacial score (nSPS) is 38.9. The molecule has 0 aromatic heterocycles. The minimum Gasteiger partial charge on any atom is -0.396 e. The Bertz CT molecular complexity index is 683. The maximum Gasteiger partial charge on any atom is 0.244 e. The number of aliphatic hydroxyl groups is 1. The molecule has 7 nitrogen and oxygen atoms in total. The molecule has 3 saturated heterocycles. The van der Waals surface area contributed by atoms with Gasteiger partial charge in [0.15, 0.2) is 0 Å². The fourth-order valence-corrected chi connectivity index (χ4v) is 8.72. The molecule has 8 heteroatoms.